The minimum absolute atomic E-state index is 0.233. The van der Waals surface area contributed by atoms with Crippen molar-refractivity contribution in [2.75, 3.05) is 26.2 Å². The molecule has 1 aliphatic rings. The van der Waals surface area contributed by atoms with E-state index in [1.165, 1.54) is 11.1 Å². The van der Waals surface area contributed by atoms with Gasteiger partial charge in [-0.3, -0.25) is 4.90 Å². The van der Waals surface area contributed by atoms with Crippen LogP contribution in [0.4, 0.5) is 0 Å². The van der Waals surface area contributed by atoms with E-state index in [0.29, 0.717) is 0 Å². The van der Waals surface area contributed by atoms with Gasteiger partial charge in [0.1, 0.15) is 5.76 Å². The molecule has 0 saturated carbocycles. The number of benzene rings is 1. The Labute approximate surface area is 114 Å². The lowest BCUT2D eigenvalue weighted by Gasteiger charge is -2.34. The van der Waals surface area contributed by atoms with Gasteiger partial charge >= 0.3 is 0 Å². The van der Waals surface area contributed by atoms with Crippen LogP contribution in [0.25, 0.3) is 0 Å². The molecule has 2 aromatic rings. The third-order valence-corrected chi connectivity index (χ3v) is 3.69. The molecule has 1 saturated heterocycles. The molecule has 3 rings (SSSR count). The van der Waals surface area contributed by atoms with Crippen LogP contribution in [0.1, 0.15) is 22.9 Å². The first-order valence-corrected chi connectivity index (χ1v) is 6.89. The Kier molecular flexibility index (Phi) is 3.67. The second-order valence-electron chi connectivity index (χ2n) is 5.12. The Morgan fingerprint density at radius 2 is 2.00 bits per heavy atom. The maximum Gasteiger partial charge on any atom is 0.125 e. The first kappa shape index (κ1) is 12.5. The molecule has 1 fully saturated rings. The number of aryl methyl sites for hydroxylation is 1. The monoisotopic (exact) mass is 256 g/mol. The molecule has 1 unspecified atom stereocenters. The Balaban J connectivity index is 1.96. The quantitative estimate of drug-likeness (QED) is 0.915. The standard InChI is InChI=1S/C16H20N2O/c1-13-4-2-5-14(12-13)16(15-6-3-11-19-15)18-9-7-17-8-10-18/h2-6,11-12,16-17H,7-10H2,1H3. The van der Waals surface area contributed by atoms with Gasteiger partial charge in [0.05, 0.1) is 12.3 Å². The predicted molar refractivity (Wildman–Crippen MR) is 76.2 cm³/mol. The van der Waals surface area contributed by atoms with Gasteiger partial charge in [-0.25, -0.2) is 0 Å². The van der Waals surface area contributed by atoms with E-state index in [1.54, 1.807) is 6.26 Å². The summed E-state index contributed by atoms with van der Waals surface area (Å²) in [5.41, 5.74) is 2.61. The molecule has 1 N–H and O–H groups in total. The zero-order valence-electron chi connectivity index (χ0n) is 11.3. The van der Waals surface area contributed by atoms with Gasteiger partial charge in [-0.2, -0.15) is 0 Å². The first-order chi connectivity index (χ1) is 9.34. The van der Waals surface area contributed by atoms with Crippen molar-refractivity contribution in [3.8, 4) is 0 Å². The maximum absolute atomic E-state index is 5.68. The zero-order valence-corrected chi connectivity index (χ0v) is 11.3. The number of nitrogens with one attached hydrogen (secondary N) is 1. The Morgan fingerprint density at radius 3 is 2.68 bits per heavy atom. The number of hydrogen-bond donors (Lipinski definition) is 1. The van der Waals surface area contributed by atoms with Crippen molar-refractivity contribution < 1.29 is 4.42 Å². The molecule has 1 aliphatic heterocycles. The molecule has 100 valence electrons. The second kappa shape index (κ2) is 5.59. The normalized spacial score (nSPS) is 18.4. The number of furan rings is 1. The van der Waals surface area contributed by atoms with Crippen LogP contribution in [0.3, 0.4) is 0 Å². The number of nitrogens with zero attached hydrogens (tertiary/aromatic N) is 1. The van der Waals surface area contributed by atoms with Crippen molar-refractivity contribution >= 4 is 0 Å². The van der Waals surface area contributed by atoms with E-state index < -0.39 is 0 Å². The highest BCUT2D eigenvalue weighted by atomic mass is 16.3. The number of hydrogen-bond acceptors (Lipinski definition) is 3. The van der Waals surface area contributed by atoms with E-state index in [-0.39, 0.29) is 6.04 Å². The summed E-state index contributed by atoms with van der Waals surface area (Å²) >= 11 is 0. The minimum atomic E-state index is 0.233. The highest BCUT2D eigenvalue weighted by Crippen LogP contribution is 2.29. The summed E-state index contributed by atoms with van der Waals surface area (Å²) in [7, 11) is 0. The van der Waals surface area contributed by atoms with Gasteiger partial charge in [0.2, 0.25) is 0 Å². The lowest BCUT2D eigenvalue weighted by molar-refractivity contribution is 0.180. The van der Waals surface area contributed by atoms with Crippen molar-refractivity contribution in [3.63, 3.8) is 0 Å². The van der Waals surface area contributed by atoms with Crippen LogP contribution in [-0.2, 0) is 0 Å². The fourth-order valence-electron chi connectivity index (χ4n) is 2.78. The minimum Gasteiger partial charge on any atom is -0.467 e. The molecule has 19 heavy (non-hydrogen) atoms. The lowest BCUT2D eigenvalue weighted by atomic mass is 10.00. The van der Waals surface area contributed by atoms with E-state index in [2.05, 4.69) is 47.5 Å². The van der Waals surface area contributed by atoms with Crippen molar-refractivity contribution in [2.24, 2.45) is 0 Å². The van der Waals surface area contributed by atoms with Crippen LogP contribution < -0.4 is 5.32 Å². The van der Waals surface area contributed by atoms with Crippen LogP contribution in [0, 0.1) is 6.92 Å². The van der Waals surface area contributed by atoms with Gasteiger partial charge in [0.25, 0.3) is 0 Å². The van der Waals surface area contributed by atoms with Gasteiger partial charge in [0.15, 0.2) is 0 Å². The van der Waals surface area contributed by atoms with E-state index >= 15 is 0 Å². The van der Waals surface area contributed by atoms with Gasteiger partial charge in [-0.1, -0.05) is 29.8 Å². The van der Waals surface area contributed by atoms with Crippen LogP contribution in [0.15, 0.2) is 47.1 Å². The molecule has 0 amide bonds. The summed E-state index contributed by atoms with van der Waals surface area (Å²) in [6, 6.07) is 13.0. The third kappa shape index (κ3) is 2.72. The maximum atomic E-state index is 5.68. The van der Waals surface area contributed by atoms with Crippen molar-refractivity contribution in [3.05, 3.63) is 59.5 Å². The molecule has 1 atom stereocenters. The highest BCUT2D eigenvalue weighted by molar-refractivity contribution is 5.30. The van der Waals surface area contributed by atoms with Crippen LogP contribution >= 0.6 is 0 Å². The van der Waals surface area contributed by atoms with Crippen LogP contribution in [0.2, 0.25) is 0 Å². The van der Waals surface area contributed by atoms with Gasteiger partial charge in [-0.15, -0.1) is 0 Å². The molecule has 0 spiro atoms. The summed E-state index contributed by atoms with van der Waals surface area (Å²) in [4.78, 5) is 2.49. The predicted octanol–water partition coefficient (Wildman–Crippen LogP) is 2.58. The van der Waals surface area contributed by atoms with Crippen molar-refractivity contribution in [2.45, 2.75) is 13.0 Å². The summed E-state index contributed by atoms with van der Waals surface area (Å²) in [6.45, 7) is 6.34. The van der Waals surface area contributed by atoms with E-state index in [1.807, 2.05) is 6.07 Å². The van der Waals surface area contributed by atoms with Gasteiger partial charge in [0, 0.05) is 26.2 Å². The summed E-state index contributed by atoms with van der Waals surface area (Å²) in [5.74, 6) is 1.03. The molecule has 1 aromatic heterocycles. The smallest absolute Gasteiger partial charge is 0.125 e. The van der Waals surface area contributed by atoms with E-state index in [0.717, 1.165) is 31.9 Å². The fourth-order valence-corrected chi connectivity index (χ4v) is 2.78. The Morgan fingerprint density at radius 1 is 1.16 bits per heavy atom. The second-order valence-corrected chi connectivity index (χ2v) is 5.12. The average molecular weight is 256 g/mol. The molecule has 2 heterocycles. The molecular weight excluding hydrogens is 236 g/mol. The molecule has 3 heteroatoms. The summed E-state index contributed by atoms with van der Waals surface area (Å²) < 4.78 is 5.68. The van der Waals surface area contributed by atoms with Gasteiger partial charge < -0.3 is 9.73 Å². The summed E-state index contributed by atoms with van der Waals surface area (Å²) in [5, 5.41) is 3.41. The highest BCUT2D eigenvalue weighted by Gasteiger charge is 2.25. The molecule has 0 radical (unpaired) electrons. The molecule has 0 bridgehead atoms. The summed E-state index contributed by atoms with van der Waals surface area (Å²) in [6.07, 6.45) is 1.76. The van der Waals surface area contributed by atoms with E-state index in [4.69, 9.17) is 4.42 Å². The van der Waals surface area contributed by atoms with Crippen LogP contribution in [-0.4, -0.2) is 31.1 Å². The topological polar surface area (TPSA) is 28.4 Å². The Hall–Kier alpha value is -1.58. The fraction of sp³-hybridized carbons (Fsp3) is 0.375. The SMILES string of the molecule is Cc1cccc(C(c2ccco2)N2CCNCC2)c1. The number of piperazine rings is 1. The van der Waals surface area contributed by atoms with Crippen molar-refractivity contribution in [1.82, 2.24) is 10.2 Å². The molecule has 3 nitrogen and oxygen atoms in total. The third-order valence-electron chi connectivity index (χ3n) is 3.69. The molecule has 1 aromatic carbocycles. The molecule has 0 aliphatic carbocycles. The van der Waals surface area contributed by atoms with Gasteiger partial charge in [-0.05, 0) is 24.6 Å². The first-order valence-electron chi connectivity index (χ1n) is 6.89. The molecular formula is C16H20N2O. The zero-order chi connectivity index (χ0) is 13.1. The van der Waals surface area contributed by atoms with Crippen molar-refractivity contribution in [1.29, 1.82) is 0 Å². The lowest BCUT2D eigenvalue weighted by Crippen LogP contribution is -2.45. The number of rotatable bonds is 3. The van der Waals surface area contributed by atoms with Crippen LogP contribution in [0.5, 0.6) is 0 Å². The Bertz CT molecular complexity index is 515. The largest absolute Gasteiger partial charge is 0.467 e. The average Bonchev–Trinajstić information content (AvgIpc) is 2.94. The van der Waals surface area contributed by atoms with E-state index in [9.17, 15) is 0 Å².